The summed E-state index contributed by atoms with van der Waals surface area (Å²) in [7, 11) is 0. The minimum atomic E-state index is -1.36. The van der Waals surface area contributed by atoms with Crippen LogP contribution in [-0.2, 0) is 14.4 Å². The molecule has 3 aromatic carbocycles. The molecule has 3 saturated heterocycles. The lowest BCUT2D eigenvalue weighted by Crippen LogP contribution is -2.58. The first kappa shape index (κ1) is 102. The molecule has 0 unspecified atom stereocenters. The molecule has 12 heterocycles. The van der Waals surface area contributed by atoms with Gasteiger partial charge in [0.25, 0.3) is 0 Å². The molecule has 15 rings (SSSR count). The fourth-order valence-corrected chi connectivity index (χ4v) is 17.7. The van der Waals surface area contributed by atoms with Crippen LogP contribution in [0.2, 0.25) is 0 Å². The number of piperazine rings is 3. The van der Waals surface area contributed by atoms with E-state index < -0.39 is 134 Å². The molecule has 9 aromatic heterocycles. The van der Waals surface area contributed by atoms with Gasteiger partial charge in [0.15, 0.2) is 28.6 Å². The van der Waals surface area contributed by atoms with Crippen molar-refractivity contribution in [2.45, 2.75) is 196 Å². The van der Waals surface area contributed by atoms with Gasteiger partial charge in [0.2, 0.25) is 35.2 Å². The first-order chi connectivity index (χ1) is 66.0. The van der Waals surface area contributed by atoms with Crippen molar-refractivity contribution in [1.29, 1.82) is 0 Å². The zero-order chi connectivity index (χ0) is 103. The summed E-state index contributed by atoms with van der Waals surface area (Å²) in [5.41, 5.74) is 2.97. The maximum atomic E-state index is 16.1. The van der Waals surface area contributed by atoms with Crippen molar-refractivity contribution in [2.24, 2.45) is 0 Å². The van der Waals surface area contributed by atoms with E-state index in [-0.39, 0.29) is 223 Å². The third-order valence-electron chi connectivity index (χ3n) is 24.5. The van der Waals surface area contributed by atoms with Gasteiger partial charge < -0.3 is 55.6 Å². The van der Waals surface area contributed by atoms with E-state index in [9.17, 15) is 63.6 Å². The number of pyridine rings is 3. The van der Waals surface area contributed by atoms with E-state index in [1.54, 1.807) is 114 Å². The van der Waals surface area contributed by atoms with Gasteiger partial charge in [0, 0.05) is 86.8 Å². The number of nitrogen functional groups attached to an aromatic ring is 1. The van der Waals surface area contributed by atoms with E-state index in [1.807, 2.05) is 46.4 Å². The van der Waals surface area contributed by atoms with Crippen LogP contribution in [0.3, 0.4) is 0 Å². The zero-order valence-electron chi connectivity index (χ0n) is 80.2. The normalized spacial score (nSPS) is 16.8. The second kappa shape index (κ2) is 40.6. The fourth-order valence-electron chi connectivity index (χ4n) is 17.7. The molecule has 12 aromatic rings. The Morgan fingerprint density at radius 1 is 0.357 bits per heavy atom. The second-order valence-corrected chi connectivity index (χ2v) is 36.5. The van der Waals surface area contributed by atoms with Crippen LogP contribution in [-0.4, -0.2) is 220 Å². The SMILES string of the molecule is C=CC(=O)N1C[C@H](C)N(c2nc(=O)n(-c3c(C(C)C)nc(C(=O)O)nc3C(C)C)c3nc(-c4c(N)cccc4F)c(F)cc23)C[C@H]1C.C=CC(=O)N1C[C@H](C)N(c2nc(=O)n(-c3c(C(C)C)nc(C(=O)O)nc3C(C)C)c3nc(-c4c(O)cccc4F)c(F)cc23)C[C@H]1C.C=CC(=O)N1C[C@H](C)N(c2nc(=O)n(-c3c(C(C)C)nc(C(=O)O)nc3C(C)C)c3nc(-c4ccccc4F)c(F)cc23)C[C@H]1C. The predicted molar refractivity (Wildman–Crippen MR) is 514 cm³/mol. The number of hydrogen-bond acceptors (Lipinski definition) is 26. The molecule has 3 amide bonds. The van der Waals surface area contributed by atoms with E-state index in [4.69, 9.17) is 5.73 Å². The summed E-state index contributed by atoms with van der Waals surface area (Å²) >= 11 is 0. The van der Waals surface area contributed by atoms with Crippen LogP contribution >= 0.6 is 0 Å². The number of aromatic carboxylic acids is 3. The molecule has 0 spiro atoms. The predicted octanol–water partition coefficient (Wildman–Crippen LogP) is 14.5. The van der Waals surface area contributed by atoms with Crippen molar-refractivity contribution in [1.82, 2.24) is 88.2 Å². The lowest BCUT2D eigenvalue weighted by molar-refractivity contribution is -0.129. The van der Waals surface area contributed by atoms with Gasteiger partial charge in [-0.3, -0.25) is 14.4 Å². The Bertz CT molecular complexity index is 6860. The van der Waals surface area contributed by atoms with Crippen LogP contribution in [0.5, 0.6) is 5.75 Å². The molecule has 41 heteroatoms. The van der Waals surface area contributed by atoms with E-state index in [0.717, 1.165) is 33.4 Å². The number of halogens is 6. The summed E-state index contributed by atoms with van der Waals surface area (Å²) in [6, 6.07) is 14.4. The van der Waals surface area contributed by atoms with Crippen LogP contribution in [0.15, 0.2) is 131 Å². The lowest BCUT2D eigenvalue weighted by atomic mass is 10.0. The van der Waals surface area contributed by atoms with Crippen molar-refractivity contribution in [3.05, 3.63) is 235 Å². The second-order valence-electron chi connectivity index (χ2n) is 36.5. The molecule has 0 aliphatic carbocycles. The molecule has 3 aliphatic rings. The van der Waals surface area contributed by atoms with Crippen LogP contribution in [0.4, 0.5) is 49.5 Å². The van der Waals surface area contributed by atoms with Crippen molar-refractivity contribution >= 4 is 91.9 Å². The quantitative estimate of drug-likeness (QED) is 0.0253. The van der Waals surface area contributed by atoms with E-state index in [1.165, 1.54) is 71.3 Å². The Kier molecular flexibility index (Phi) is 29.5. The number of carbonyl (C=O) groups excluding carboxylic acids is 3. The lowest BCUT2D eigenvalue weighted by Gasteiger charge is -2.44. The number of aromatic nitrogens is 15. The number of benzene rings is 3. The maximum Gasteiger partial charge on any atom is 0.373 e. The number of hydrogen-bond donors (Lipinski definition) is 5. The number of carbonyl (C=O) groups is 6. The summed E-state index contributed by atoms with van der Waals surface area (Å²) in [6.45, 7) is 44.7. The highest BCUT2D eigenvalue weighted by molar-refractivity contribution is 5.96. The largest absolute Gasteiger partial charge is 0.507 e. The van der Waals surface area contributed by atoms with Gasteiger partial charge >= 0.3 is 35.0 Å². The highest BCUT2D eigenvalue weighted by Gasteiger charge is 2.41. The number of amides is 3. The Morgan fingerprint density at radius 3 is 0.907 bits per heavy atom. The third kappa shape index (κ3) is 19.3. The maximum absolute atomic E-state index is 16.1. The first-order valence-corrected chi connectivity index (χ1v) is 45.3. The third-order valence-corrected chi connectivity index (χ3v) is 24.5. The standard InChI is InChI=1S/C33H36F2N8O4.C33H35F2N7O5.C33H35F2N7O4/c1-8-23(44)41-13-18(7)42(14-17(41)6)30-19-12-21(35)27(24-20(34)10-9-11-22(24)36)39-31(19)43(33(47)40-30)28-25(15(2)3)37-29(32(45)46)38-26(28)16(4)5;1-8-23(44)40-13-18(7)41(14-17(40)6)30-19-12-21(35)27(24-20(34)10-9-11-22(24)43)38-31(19)42(33(47)39-30)28-25(15(2)3)36-29(32(45)46)37-26(28)16(4)5;1-8-24(43)40-14-19(7)41(15-18(40)6)30-21-13-23(35)27(20-11-9-10-12-22(20)34)38-31(21)42(33(46)39-30)28-25(16(2)3)36-29(32(44)45)37-26(28)17(4)5/h8-12,15-18H,1,13-14,36H2,2-7H3,(H,45,46);8-12,15-18,43H,1,13-14H2,2-7H3,(H,45,46);8-13,16-19H,1,14-15H2,2-7H3,(H,44,45)/t2*17-,18+;18-,19+/m111/s1. The van der Waals surface area contributed by atoms with E-state index in [2.05, 4.69) is 79.5 Å². The van der Waals surface area contributed by atoms with Crippen LogP contribution < -0.4 is 37.5 Å². The average Bonchev–Trinajstić information content (AvgIpc) is 0.704. The molecule has 6 N–H and O–H groups in total. The number of carboxylic acid groups (broad SMARTS) is 3. The monoisotopic (exact) mass is 1920 g/mol. The number of rotatable bonds is 21. The smallest absolute Gasteiger partial charge is 0.373 e. The summed E-state index contributed by atoms with van der Waals surface area (Å²) in [5.74, 6) is -13.9. The van der Waals surface area contributed by atoms with Crippen molar-refractivity contribution in [2.75, 3.05) is 59.7 Å². The zero-order valence-corrected chi connectivity index (χ0v) is 80.2. The van der Waals surface area contributed by atoms with E-state index >= 15 is 26.3 Å². The van der Waals surface area contributed by atoms with Gasteiger partial charge in [-0.1, -0.05) is 127 Å². The fraction of sp³-hybridized carbons (Fsp3) is 0.364. The summed E-state index contributed by atoms with van der Waals surface area (Å²) in [6.07, 6.45) is 3.70. The number of fused-ring (bicyclic) bond motifs is 3. The van der Waals surface area contributed by atoms with Gasteiger partial charge in [-0.15, -0.1) is 0 Å². The summed E-state index contributed by atoms with van der Waals surface area (Å²) in [5, 5.41) is 40.2. The van der Waals surface area contributed by atoms with Crippen molar-refractivity contribution < 1.29 is 75.5 Å². The molecule has 3 fully saturated rings. The van der Waals surface area contributed by atoms with Gasteiger partial charge in [-0.2, -0.15) is 15.0 Å². The van der Waals surface area contributed by atoms with Crippen molar-refractivity contribution in [3.8, 4) is 56.6 Å². The molecule has 140 heavy (non-hydrogen) atoms. The minimum Gasteiger partial charge on any atom is -0.507 e. The summed E-state index contributed by atoms with van der Waals surface area (Å²) in [4.78, 5) is 179. The van der Waals surface area contributed by atoms with Crippen LogP contribution in [0.25, 0.3) is 83.9 Å². The Balaban J connectivity index is 0.000000177. The Labute approximate surface area is 799 Å². The van der Waals surface area contributed by atoms with Gasteiger partial charge in [0.1, 0.15) is 63.6 Å². The van der Waals surface area contributed by atoms with Gasteiger partial charge in [-0.25, -0.2) is 114 Å². The number of anilines is 4. The van der Waals surface area contributed by atoms with Gasteiger partial charge in [0.05, 0.1) is 78.5 Å². The molecule has 0 radical (unpaired) electrons. The van der Waals surface area contributed by atoms with Crippen LogP contribution in [0, 0.1) is 34.9 Å². The average molecular weight is 1930 g/mol. The topological polar surface area (TPSA) is 449 Å². The van der Waals surface area contributed by atoms with Gasteiger partial charge in [-0.05, 0) is 150 Å². The molecule has 0 bridgehead atoms. The molecular formula is C99H106F6N22O13. The number of phenols is 1. The Hall–Kier alpha value is -15.6. The van der Waals surface area contributed by atoms with Crippen molar-refractivity contribution in [3.63, 3.8) is 0 Å². The molecule has 0 saturated carbocycles. The molecule has 3 aliphatic heterocycles. The summed E-state index contributed by atoms with van der Waals surface area (Å²) < 4.78 is 96.9. The number of nitrogens with zero attached hydrogens (tertiary/aromatic N) is 21. The molecular weight excluding hydrogens is 1820 g/mol. The molecule has 35 nitrogen and oxygen atoms in total. The number of carboxylic acids is 3. The first-order valence-electron chi connectivity index (χ1n) is 45.3. The Morgan fingerprint density at radius 2 is 0.629 bits per heavy atom. The molecule has 6 atom stereocenters. The number of nitrogens with two attached hydrogens (primary N) is 1. The van der Waals surface area contributed by atoms with E-state index in [0.29, 0.717) is 6.54 Å². The highest BCUT2D eigenvalue weighted by Crippen LogP contribution is 2.43. The number of aromatic hydroxyl groups is 1. The van der Waals surface area contributed by atoms with Crippen LogP contribution in [0.1, 0.15) is 226 Å². The minimum absolute atomic E-state index is 0.0328. The number of phenolic OH excluding ortho intramolecular Hbond substituents is 1. The highest BCUT2D eigenvalue weighted by atomic mass is 19.1. The molecule has 732 valence electrons.